The van der Waals surface area contributed by atoms with E-state index in [2.05, 4.69) is 31.9 Å². The number of rotatable bonds is 3. The van der Waals surface area contributed by atoms with E-state index in [1.54, 1.807) is 24.3 Å². The van der Waals surface area contributed by atoms with E-state index in [-0.39, 0.29) is 5.84 Å². The summed E-state index contributed by atoms with van der Waals surface area (Å²) in [4.78, 5) is 0. The first-order valence-corrected chi connectivity index (χ1v) is 7.21. The Morgan fingerprint density at radius 2 is 1.89 bits per heavy atom. The standard InChI is InChI=1S/C13H9Br2ClN2O/c14-7-4-5-10(8(15)6-7)19-11-3-1-2-9(16)12(11)13(17)18/h1-6H,(H3,17,18). The molecule has 0 aliphatic carbocycles. The van der Waals surface area contributed by atoms with Gasteiger partial charge in [-0.25, -0.2) is 0 Å². The summed E-state index contributed by atoms with van der Waals surface area (Å²) in [5.41, 5.74) is 5.92. The molecule has 0 aromatic heterocycles. The van der Waals surface area contributed by atoms with Crippen molar-refractivity contribution < 1.29 is 4.74 Å². The Hall–Kier alpha value is -1.04. The molecule has 0 heterocycles. The molecular weight excluding hydrogens is 395 g/mol. The van der Waals surface area contributed by atoms with E-state index in [0.29, 0.717) is 22.1 Å². The third-order valence-electron chi connectivity index (χ3n) is 2.36. The molecule has 0 amide bonds. The lowest BCUT2D eigenvalue weighted by Gasteiger charge is -2.12. The van der Waals surface area contributed by atoms with Gasteiger partial charge < -0.3 is 10.5 Å². The fraction of sp³-hybridized carbons (Fsp3) is 0. The minimum absolute atomic E-state index is 0.131. The lowest BCUT2D eigenvalue weighted by molar-refractivity contribution is 0.478. The van der Waals surface area contributed by atoms with E-state index < -0.39 is 0 Å². The molecule has 3 nitrogen and oxygen atoms in total. The van der Waals surface area contributed by atoms with Gasteiger partial charge >= 0.3 is 0 Å². The molecule has 2 aromatic rings. The molecule has 0 aliphatic heterocycles. The average molecular weight is 404 g/mol. The van der Waals surface area contributed by atoms with Crippen LogP contribution in [0.2, 0.25) is 5.02 Å². The van der Waals surface area contributed by atoms with Gasteiger partial charge in [-0.3, -0.25) is 5.41 Å². The van der Waals surface area contributed by atoms with Crippen LogP contribution in [0.25, 0.3) is 0 Å². The van der Waals surface area contributed by atoms with Crippen LogP contribution in [-0.2, 0) is 0 Å². The van der Waals surface area contributed by atoms with Crippen molar-refractivity contribution in [2.24, 2.45) is 5.73 Å². The van der Waals surface area contributed by atoms with Gasteiger partial charge in [0.2, 0.25) is 0 Å². The molecule has 2 rings (SSSR count). The summed E-state index contributed by atoms with van der Waals surface area (Å²) in [5, 5.41) is 7.95. The molecule has 6 heteroatoms. The van der Waals surface area contributed by atoms with E-state index in [9.17, 15) is 0 Å². The van der Waals surface area contributed by atoms with E-state index >= 15 is 0 Å². The zero-order chi connectivity index (χ0) is 14.0. The SMILES string of the molecule is N=C(N)c1c(Cl)cccc1Oc1ccc(Br)cc1Br. The number of hydrogen-bond donors (Lipinski definition) is 2. The second-order valence-corrected chi connectivity index (χ2v) is 5.88. The van der Waals surface area contributed by atoms with Gasteiger partial charge in [-0.2, -0.15) is 0 Å². The van der Waals surface area contributed by atoms with E-state index in [4.69, 9.17) is 27.5 Å². The van der Waals surface area contributed by atoms with Crippen molar-refractivity contribution in [2.75, 3.05) is 0 Å². The maximum Gasteiger partial charge on any atom is 0.141 e. The van der Waals surface area contributed by atoms with Crippen LogP contribution in [0, 0.1) is 5.41 Å². The van der Waals surface area contributed by atoms with Crippen LogP contribution in [0.4, 0.5) is 0 Å². The molecule has 0 spiro atoms. The largest absolute Gasteiger partial charge is 0.455 e. The number of nitrogens with two attached hydrogens (primary N) is 1. The summed E-state index contributed by atoms with van der Waals surface area (Å²) in [5.74, 6) is 0.935. The number of benzene rings is 2. The van der Waals surface area contributed by atoms with E-state index in [0.717, 1.165) is 8.95 Å². The van der Waals surface area contributed by atoms with Crippen LogP contribution < -0.4 is 10.5 Å². The lowest BCUT2D eigenvalue weighted by atomic mass is 10.2. The highest BCUT2D eigenvalue weighted by Crippen LogP contribution is 2.35. The van der Waals surface area contributed by atoms with Gasteiger partial charge in [-0.05, 0) is 46.3 Å². The van der Waals surface area contributed by atoms with Crippen LogP contribution in [0.1, 0.15) is 5.56 Å². The maximum absolute atomic E-state index is 7.56. The summed E-state index contributed by atoms with van der Waals surface area (Å²) in [6.45, 7) is 0. The number of ether oxygens (including phenoxy) is 1. The monoisotopic (exact) mass is 402 g/mol. The molecule has 98 valence electrons. The molecule has 0 saturated carbocycles. The number of halogens is 3. The van der Waals surface area contributed by atoms with Gasteiger partial charge in [0.25, 0.3) is 0 Å². The van der Waals surface area contributed by atoms with Gasteiger partial charge in [-0.15, -0.1) is 0 Å². The Morgan fingerprint density at radius 1 is 1.16 bits per heavy atom. The summed E-state index contributed by atoms with van der Waals surface area (Å²) in [6, 6.07) is 10.7. The molecule has 0 fully saturated rings. The van der Waals surface area contributed by atoms with Crippen LogP contribution in [-0.4, -0.2) is 5.84 Å². The Morgan fingerprint density at radius 3 is 2.53 bits per heavy atom. The molecule has 0 bridgehead atoms. The zero-order valence-electron chi connectivity index (χ0n) is 9.58. The molecule has 0 aliphatic rings. The minimum atomic E-state index is -0.131. The lowest BCUT2D eigenvalue weighted by Crippen LogP contribution is -2.13. The normalized spacial score (nSPS) is 10.3. The number of hydrogen-bond acceptors (Lipinski definition) is 2. The van der Waals surface area contributed by atoms with E-state index in [1.807, 2.05) is 12.1 Å². The topological polar surface area (TPSA) is 59.1 Å². The van der Waals surface area contributed by atoms with Gasteiger partial charge in [-0.1, -0.05) is 33.6 Å². The summed E-state index contributed by atoms with van der Waals surface area (Å²) >= 11 is 12.8. The molecule has 0 saturated heterocycles. The molecule has 0 unspecified atom stereocenters. The quantitative estimate of drug-likeness (QED) is 0.562. The Kier molecular flexibility index (Phi) is 4.50. The van der Waals surface area contributed by atoms with E-state index in [1.165, 1.54) is 0 Å². The molecule has 0 atom stereocenters. The van der Waals surface area contributed by atoms with Crippen LogP contribution in [0.5, 0.6) is 11.5 Å². The fourth-order valence-corrected chi connectivity index (χ4v) is 2.92. The highest BCUT2D eigenvalue weighted by molar-refractivity contribution is 9.11. The molecule has 19 heavy (non-hydrogen) atoms. The van der Waals surface area contributed by atoms with Gasteiger partial charge in [0.05, 0.1) is 15.1 Å². The highest BCUT2D eigenvalue weighted by Gasteiger charge is 2.13. The highest BCUT2D eigenvalue weighted by atomic mass is 79.9. The maximum atomic E-state index is 7.56. The fourth-order valence-electron chi connectivity index (χ4n) is 1.53. The third kappa shape index (κ3) is 3.29. The van der Waals surface area contributed by atoms with Crippen molar-refractivity contribution >= 4 is 49.3 Å². The van der Waals surface area contributed by atoms with Crippen molar-refractivity contribution in [3.05, 3.63) is 55.9 Å². The summed E-state index contributed by atoms with van der Waals surface area (Å²) < 4.78 is 7.49. The smallest absolute Gasteiger partial charge is 0.141 e. The molecular formula is C13H9Br2ClN2O. The Bertz CT molecular complexity index is 647. The first-order chi connectivity index (χ1) is 8.99. The Labute approximate surface area is 132 Å². The van der Waals surface area contributed by atoms with Crippen molar-refractivity contribution in [2.45, 2.75) is 0 Å². The van der Waals surface area contributed by atoms with Crippen LogP contribution in [0.15, 0.2) is 45.3 Å². The molecule has 0 radical (unpaired) electrons. The minimum Gasteiger partial charge on any atom is -0.455 e. The van der Waals surface area contributed by atoms with Crippen molar-refractivity contribution in [3.8, 4) is 11.5 Å². The zero-order valence-corrected chi connectivity index (χ0v) is 13.5. The number of nitrogen functional groups attached to an aromatic ring is 1. The summed E-state index contributed by atoms with van der Waals surface area (Å²) in [6.07, 6.45) is 0. The molecule has 2 aromatic carbocycles. The number of nitrogens with one attached hydrogen (secondary N) is 1. The van der Waals surface area contributed by atoms with Crippen LogP contribution in [0.3, 0.4) is 0 Å². The number of amidine groups is 1. The second kappa shape index (κ2) is 5.94. The first-order valence-electron chi connectivity index (χ1n) is 5.25. The molecule has 3 N–H and O–H groups in total. The Balaban J connectivity index is 2.44. The van der Waals surface area contributed by atoms with Gasteiger partial charge in [0.15, 0.2) is 0 Å². The first kappa shape index (κ1) is 14.4. The van der Waals surface area contributed by atoms with Crippen molar-refractivity contribution in [3.63, 3.8) is 0 Å². The predicted molar refractivity (Wildman–Crippen MR) is 84.4 cm³/mol. The predicted octanol–water partition coefficient (Wildman–Crippen LogP) is 4.94. The third-order valence-corrected chi connectivity index (χ3v) is 3.79. The average Bonchev–Trinajstić information content (AvgIpc) is 2.32. The van der Waals surface area contributed by atoms with Gasteiger partial charge in [0.1, 0.15) is 17.3 Å². The second-order valence-electron chi connectivity index (χ2n) is 3.70. The van der Waals surface area contributed by atoms with Crippen molar-refractivity contribution in [1.82, 2.24) is 0 Å². The van der Waals surface area contributed by atoms with Crippen molar-refractivity contribution in [1.29, 1.82) is 5.41 Å². The van der Waals surface area contributed by atoms with Gasteiger partial charge in [0, 0.05) is 4.47 Å². The van der Waals surface area contributed by atoms with Crippen LogP contribution >= 0.6 is 43.5 Å². The summed E-state index contributed by atoms with van der Waals surface area (Å²) in [7, 11) is 0.